The molecule has 1 aromatic heterocycles. The van der Waals surface area contributed by atoms with E-state index >= 15 is 0 Å². The number of amides is 2. The number of nitrogens with zero attached hydrogens (tertiary/aromatic N) is 3. The number of likely N-dealkylation sites (tertiary alicyclic amines) is 1. The monoisotopic (exact) mass is 306 g/mol. The second-order valence-corrected chi connectivity index (χ2v) is 6.07. The van der Waals surface area contributed by atoms with Crippen LogP contribution in [0.3, 0.4) is 0 Å². The molecule has 1 unspecified atom stereocenters. The molecule has 1 saturated heterocycles. The van der Waals surface area contributed by atoms with Gasteiger partial charge in [0, 0.05) is 19.2 Å². The molecule has 1 aliphatic heterocycles. The number of nitrogens with one attached hydrogen (secondary N) is 1. The van der Waals surface area contributed by atoms with E-state index in [0.29, 0.717) is 13.0 Å². The molecule has 3 rings (SSSR count). The number of rotatable bonds is 3. The number of hydrogen-bond donors (Lipinski definition) is 2. The minimum atomic E-state index is -0.976. The maximum absolute atomic E-state index is 12.3. The first-order valence-electron chi connectivity index (χ1n) is 7.87. The second kappa shape index (κ2) is 6.08. The lowest BCUT2D eigenvalue weighted by Crippen LogP contribution is -2.42. The molecule has 22 heavy (non-hydrogen) atoms. The molecule has 7 nitrogen and oxygen atoms in total. The fourth-order valence-corrected chi connectivity index (χ4v) is 3.26. The summed E-state index contributed by atoms with van der Waals surface area (Å²) in [5, 5.41) is 17.0. The molecule has 2 N–H and O–H groups in total. The Kier molecular flexibility index (Phi) is 4.15. The van der Waals surface area contributed by atoms with Crippen molar-refractivity contribution in [3.05, 3.63) is 11.3 Å². The van der Waals surface area contributed by atoms with Gasteiger partial charge in [-0.05, 0) is 38.5 Å². The van der Waals surface area contributed by atoms with Gasteiger partial charge in [0.05, 0.1) is 12.2 Å². The van der Waals surface area contributed by atoms with E-state index < -0.39 is 6.10 Å². The van der Waals surface area contributed by atoms with Crippen LogP contribution in [-0.2, 0) is 29.5 Å². The lowest BCUT2D eigenvalue weighted by atomic mass is 10.2. The van der Waals surface area contributed by atoms with Gasteiger partial charge in [-0.2, -0.15) is 5.10 Å². The van der Waals surface area contributed by atoms with Crippen molar-refractivity contribution < 1.29 is 14.7 Å². The van der Waals surface area contributed by atoms with Crippen LogP contribution in [0.5, 0.6) is 0 Å². The number of aryl methyl sites for hydroxylation is 2. The lowest BCUT2D eigenvalue weighted by molar-refractivity contribution is -0.141. The number of hydrogen-bond acceptors (Lipinski definition) is 4. The molecular formula is C15H22N4O3. The fraction of sp³-hybridized carbons (Fsp3) is 0.667. The Morgan fingerprint density at radius 3 is 3.00 bits per heavy atom. The summed E-state index contributed by atoms with van der Waals surface area (Å²) in [5.74, 6) is 0.156. The highest BCUT2D eigenvalue weighted by molar-refractivity contribution is 5.95. The molecule has 1 fully saturated rings. The number of carbonyl (C=O) groups excluding carboxylic acids is 2. The summed E-state index contributed by atoms with van der Waals surface area (Å²) >= 11 is 0. The molecule has 1 aromatic rings. The third-order valence-corrected chi connectivity index (χ3v) is 4.41. The lowest BCUT2D eigenvalue weighted by Gasteiger charge is -2.21. The molecule has 0 aromatic carbocycles. The van der Waals surface area contributed by atoms with Crippen LogP contribution in [0.25, 0.3) is 0 Å². The number of aliphatic hydroxyl groups is 1. The fourth-order valence-electron chi connectivity index (χ4n) is 3.26. The van der Waals surface area contributed by atoms with Crippen LogP contribution in [0.1, 0.15) is 36.9 Å². The van der Waals surface area contributed by atoms with Gasteiger partial charge in [-0.3, -0.25) is 14.3 Å². The minimum Gasteiger partial charge on any atom is -0.383 e. The summed E-state index contributed by atoms with van der Waals surface area (Å²) in [6.07, 6.45) is 4.08. The van der Waals surface area contributed by atoms with Gasteiger partial charge in [-0.25, -0.2) is 0 Å². The van der Waals surface area contributed by atoms with Crippen LogP contribution in [0.4, 0.5) is 5.82 Å². The Morgan fingerprint density at radius 1 is 1.36 bits per heavy atom. The topological polar surface area (TPSA) is 87.5 Å². The van der Waals surface area contributed by atoms with Gasteiger partial charge in [-0.1, -0.05) is 0 Å². The molecule has 2 heterocycles. The summed E-state index contributed by atoms with van der Waals surface area (Å²) in [7, 11) is 1.81. The maximum atomic E-state index is 12.3. The van der Waals surface area contributed by atoms with Crippen molar-refractivity contribution in [2.24, 2.45) is 7.05 Å². The van der Waals surface area contributed by atoms with Gasteiger partial charge in [0.25, 0.3) is 5.91 Å². The van der Waals surface area contributed by atoms with Crippen LogP contribution in [0.2, 0.25) is 0 Å². The molecular weight excluding hydrogens is 284 g/mol. The van der Waals surface area contributed by atoms with Gasteiger partial charge >= 0.3 is 0 Å². The molecule has 2 aliphatic rings. The maximum Gasteiger partial charge on any atom is 0.251 e. The van der Waals surface area contributed by atoms with E-state index in [9.17, 15) is 14.7 Å². The molecule has 1 aliphatic carbocycles. The van der Waals surface area contributed by atoms with Crippen molar-refractivity contribution >= 4 is 17.6 Å². The van der Waals surface area contributed by atoms with E-state index in [0.717, 1.165) is 49.2 Å². The normalized spacial score (nSPS) is 21.6. The van der Waals surface area contributed by atoms with Gasteiger partial charge in [0.2, 0.25) is 5.91 Å². The van der Waals surface area contributed by atoms with Crippen molar-refractivity contribution in [2.45, 2.75) is 44.6 Å². The van der Waals surface area contributed by atoms with Gasteiger partial charge in [0.15, 0.2) is 0 Å². The summed E-state index contributed by atoms with van der Waals surface area (Å²) in [6, 6.07) is 0. The Balaban J connectivity index is 1.66. The zero-order valence-corrected chi connectivity index (χ0v) is 12.8. The number of carbonyl (C=O) groups is 2. The zero-order chi connectivity index (χ0) is 15.7. The standard InChI is InChI=1S/C15H22N4O3/c1-18-14(10-5-4-6-11(10)17-18)16-13(21)9-19-8-3-2-7-12(20)15(19)22/h12,20H,2-9H2,1H3,(H,16,21). The van der Waals surface area contributed by atoms with Crippen molar-refractivity contribution in [2.75, 3.05) is 18.4 Å². The molecule has 0 bridgehead atoms. The summed E-state index contributed by atoms with van der Waals surface area (Å²) < 4.78 is 1.70. The van der Waals surface area contributed by atoms with Crippen LogP contribution in [0.15, 0.2) is 0 Å². The number of anilines is 1. The smallest absolute Gasteiger partial charge is 0.251 e. The highest BCUT2D eigenvalue weighted by Crippen LogP contribution is 2.28. The Labute approximate surface area is 129 Å². The summed E-state index contributed by atoms with van der Waals surface area (Å²) in [6.45, 7) is 0.503. The van der Waals surface area contributed by atoms with Gasteiger partial charge < -0.3 is 15.3 Å². The minimum absolute atomic E-state index is 0.0180. The second-order valence-electron chi connectivity index (χ2n) is 6.07. The number of aliphatic hydroxyl groups excluding tert-OH is 1. The van der Waals surface area contributed by atoms with E-state index in [1.807, 2.05) is 7.05 Å². The highest BCUT2D eigenvalue weighted by Gasteiger charge is 2.27. The van der Waals surface area contributed by atoms with E-state index in [1.54, 1.807) is 4.68 Å². The van der Waals surface area contributed by atoms with Crippen molar-refractivity contribution in [3.8, 4) is 0 Å². The number of aromatic nitrogens is 2. The van der Waals surface area contributed by atoms with Crippen LogP contribution >= 0.6 is 0 Å². The Bertz CT molecular complexity index is 596. The molecule has 120 valence electrons. The molecule has 0 radical (unpaired) electrons. The first-order valence-corrected chi connectivity index (χ1v) is 7.87. The molecule has 2 amide bonds. The predicted octanol–water partition coefficient (Wildman–Crippen LogP) is 0.221. The van der Waals surface area contributed by atoms with Crippen molar-refractivity contribution in [1.82, 2.24) is 14.7 Å². The van der Waals surface area contributed by atoms with Crippen molar-refractivity contribution in [3.63, 3.8) is 0 Å². The van der Waals surface area contributed by atoms with Crippen LogP contribution in [0, 0.1) is 0 Å². The molecule has 0 spiro atoms. The summed E-state index contributed by atoms with van der Waals surface area (Å²) in [4.78, 5) is 25.7. The van der Waals surface area contributed by atoms with Crippen LogP contribution < -0.4 is 5.32 Å². The molecule has 0 saturated carbocycles. The van der Waals surface area contributed by atoms with Gasteiger partial charge in [0.1, 0.15) is 11.9 Å². The van der Waals surface area contributed by atoms with E-state index in [-0.39, 0.29) is 18.4 Å². The van der Waals surface area contributed by atoms with Gasteiger partial charge in [-0.15, -0.1) is 0 Å². The van der Waals surface area contributed by atoms with E-state index in [1.165, 1.54) is 4.90 Å². The van der Waals surface area contributed by atoms with E-state index in [2.05, 4.69) is 10.4 Å². The van der Waals surface area contributed by atoms with Crippen molar-refractivity contribution in [1.29, 1.82) is 0 Å². The Hall–Kier alpha value is -1.89. The predicted molar refractivity (Wildman–Crippen MR) is 80.3 cm³/mol. The third kappa shape index (κ3) is 2.85. The zero-order valence-electron chi connectivity index (χ0n) is 12.8. The SMILES string of the molecule is Cn1nc2c(c1NC(=O)CN1CCCCC(O)C1=O)CCC2. The first-order chi connectivity index (χ1) is 10.6. The Morgan fingerprint density at radius 2 is 2.18 bits per heavy atom. The highest BCUT2D eigenvalue weighted by atomic mass is 16.3. The van der Waals surface area contributed by atoms with E-state index in [4.69, 9.17) is 0 Å². The third-order valence-electron chi connectivity index (χ3n) is 4.41. The average Bonchev–Trinajstić information content (AvgIpc) is 2.99. The average molecular weight is 306 g/mol. The van der Waals surface area contributed by atoms with Crippen LogP contribution in [-0.4, -0.2) is 50.8 Å². The number of fused-ring (bicyclic) bond motifs is 1. The molecule has 7 heteroatoms. The quantitative estimate of drug-likeness (QED) is 0.836. The first kappa shape index (κ1) is 15.0. The molecule has 1 atom stereocenters. The summed E-state index contributed by atoms with van der Waals surface area (Å²) in [5.41, 5.74) is 2.16. The largest absolute Gasteiger partial charge is 0.383 e.